The summed E-state index contributed by atoms with van der Waals surface area (Å²) in [5.41, 5.74) is 0. The van der Waals surface area contributed by atoms with Gasteiger partial charge in [0.1, 0.15) is 5.78 Å². The number of piperidine rings is 1. The predicted octanol–water partition coefficient (Wildman–Crippen LogP) is 2.62. The number of ketones is 1. The molecule has 2 atom stereocenters. The highest BCUT2D eigenvalue weighted by Gasteiger charge is 2.36. The molecule has 0 N–H and O–H groups in total. The van der Waals surface area contributed by atoms with E-state index in [1.165, 1.54) is 25.8 Å². The lowest BCUT2D eigenvalue weighted by Crippen LogP contribution is -2.45. The van der Waals surface area contributed by atoms with Crippen molar-refractivity contribution in [2.75, 3.05) is 13.1 Å². The summed E-state index contributed by atoms with van der Waals surface area (Å²) >= 11 is 0. The maximum atomic E-state index is 11.9. The largest absolute Gasteiger partial charge is 0.300 e. The smallest absolute Gasteiger partial charge is 0.137 e. The van der Waals surface area contributed by atoms with Crippen LogP contribution in [0.3, 0.4) is 0 Å². The minimum Gasteiger partial charge on any atom is -0.300 e. The second-order valence-electron chi connectivity index (χ2n) is 5.37. The number of carbonyl (C=O) groups is 1. The quantitative estimate of drug-likeness (QED) is 0.549. The summed E-state index contributed by atoms with van der Waals surface area (Å²) in [4.78, 5) is 14.4. The van der Waals surface area contributed by atoms with Gasteiger partial charge in [-0.05, 0) is 45.2 Å². The van der Waals surface area contributed by atoms with Crippen LogP contribution >= 0.6 is 0 Å². The molecule has 0 aromatic rings. The highest BCUT2D eigenvalue weighted by Crippen LogP contribution is 2.32. The fourth-order valence-corrected chi connectivity index (χ4v) is 3.38. The molecule has 2 heteroatoms. The molecule has 0 bridgehead atoms. The molecule has 1 saturated heterocycles. The number of likely N-dealkylation sites (tertiary alicyclic amines) is 1. The van der Waals surface area contributed by atoms with Crippen molar-refractivity contribution in [3.8, 4) is 12.3 Å². The van der Waals surface area contributed by atoms with Gasteiger partial charge >= 0.3 is 0 Å². The SMILES string of the molecule is C#CCCCN1CCCCC1C1CCCC1=O. The van der Waals surface area contributed by atoms with Crippen LogP contribution in [0.15, 0.2) is 0 Å². The van der Waals surface area contributed by atoms with E-state index in [4.69, 9.17) is 6.42 Å². The van der Waals surface area contributed by atoms with Gasteiger partial charge in [0.15, 0.2) is 0 Å². The summed E-state index contributed by atoms with van der Waals surface area (Å²) in [5.74, 6) is 3.55. The first-order chi connectivity index (χ1) is 8.33. The van der Waals surface area contributed by atoms with Crippen molar-refractivity contribution in [2.24, 2.45) is 5.92 Å². The molecular formula is C15H23NO. The maximum absolute atomic E-state index is 11.9. The van der Waals surface area contributed by atoms with Crippen LogP contribution in [0, 0.1) is 18.3 Å². The number of Topliss-reactive ketones (excluding diaryl/α,β-unsaturated/α-hetero) is 1. The van der Waals surface area contributed by atoms with E-state index in [9.17, 15) is 4.79 Å². The molecule has 2 fully saturated rings. The molecule has 17 heavy (non-hydrogen) atoms. The van der Waals surface area contributed by atoms with Gasteiger partial charge in [0, 0.05) is 24.8 Å². The van der Waals surface area contributed by atoms with Gasteiger partial charge in [0.2, 0.25) is 0 Å². The topological polar surface area (TPSA) is 20.3 Å². The van der Waals surface area contributed by atoms with Crippen LogP contribution in [0.5, 0.6) is 0 Å². The highest BCUT2D eigenvalue weighted by molar-refractivity contribution is 5.83. The minimum absolute atomic E-state index is 0.334. The number of unbranched alkanes of at least 4 members (excludes halogenated alkanes) is 1. The number of nitrogens with zero attached hydrogens (tertiary/aromatic N) is 1. The van der Waals surface area contributed by atoms with Crippen molar-refractivity contribution in [3.05, 3.63) is 0 Å². The summed E-state index contributed by atoms with van der Waals surface area (Å²) in [6.45, 7) is 2.25. The molecule has 0 radical (unpaired) electrons. The van der Waals surface area contributed by atoms with E-state index in [0.717, 1.165) is 38.6 Å². The van der Waals surface area contributed by atoms with E-state index in [1.54, 1.807) is 0 Å². The molecule has 2 aliphatic rings. The Bertz CT molecular complexity index is 305. The van der Waals surface area contributed by atoms with Crippen molar-refractivity contribution >= 4 is 5.78 Å². The number of carbonyl (C=O) groups excluding carboxylic acids is 1. The Morgan fingerprint density at radius 3 is 2.88 bits per heavy atom. The summed E-state index contributed by atoms with van der Waals surface area (Å²) < 4.78 is 0. The molecule has 1 aliphatic carbocycles. The van der Waals surface area contributed by atoms with Crippen molar-refractivity contribution in [2.45, 2.75) is 57.4 Å². The van der Waals surface area contributed by atoms with Gasteiger partial charge < -0.3 is 0 Å². The van der Waals surface area contributed by atoms with Crippen LogP contribution < -0.4 is 0 Å². The summed E-state index contributed by atoms with van der Waals surface area (Å²) in [5, 5.41) is 0. The van der Waals surface area contributed by atoms with Gasteiger partial charge in [0.05, 0.1) is 0 Å². The Balaban J connectivity index is 1.92. The Morgan fingerprint density at radius 2 is 2.18 bits per heavy atom. The van der Waals surface area contributed by atoms with Gasteiger partial charge in [-0.25, -0.2) is 0 Å². The molecule has 2 nitrogen and oxygen atoms in total. The highest BCUT2D eigenvalue weighted by atomic mass is 16.1. The number of rotatable bonds is 4. The molecule has 0 amide bonds. The third kappa shape index (κ3) is 3.10. The fourth-order valence-electron chi connectivity index (χ4n) is 3.38. The van der Waals surface area contributed by atoms with Gasteiger partial charge in [-0.15, -0.1) is 12.3 Å². The van der Waals surface area contributed by atoms with Crippen LogP contribution in [0.2, 0.25) is 0 Å². The molecule has 0 aromatic heterocycles. The van der Waals surface area contributed by atoms with Crippen molar-refractivity contribution in [1.29, 1.82) is 0 Å². The lowest BCUT2D eigenvalue weighted by atomic mass is 9.88. The normalized spacial score (nSPS) is 30.4. The molecule has 1 saturated carbocycles. The van der Waals surface area contributed by atoms with Crippen LogP contribution in [-0.4, -0.2) is 29.8 Å². The third-order valence-corrected chi connectivity index (χ3v) is 4.25. The number of hydrogen-bond donors (Lipinski definition) is 0. The van der Waals surface area contributed by atoms with Gasteiger partial charge in [-0.3, -0.25) is 9.69 Å². The molecule has 94 valence electrons. The average molecular weight is 233 g/mol. The van der Waals surface area contributed by atoms with E-state index >= 15 is 0 Å². The summed E-state index contributed by atoms with van der Waals surface area (Å²) in [6, 6.07) is 0.525. The summed E-state index contributed by atoms with van der Waals surface area (Å²) in [7, 11) is 0. The molecule has 0 aromatic carbocycles. The fraction of sp³-hybridized carbons (Fsp3) is 0.800. The Morgan fingerprint density at radius 1 is 1.29 bits per heavy atom. The third-order valence-electron chi connectivity index (χ3n) is 4.25. The summed E-state index contributed by atoms with van der Waals surface area (Å²) in [6.07, 6.45) is 14.1. The van der Waals surface area contributed by atoms with Gasteiger partial charge in [-0.2, -0.15) is 0 Å². The first-order valence-corrected chi connectivity index (χ1v) is 7.03. The average Bonchev–Trinajstić information content (AvgIpc) is 2.76. The van der Waals surface area contributed by atoms with E-state index in [-0.39, 0.29) is 0 Å². The van der Waals surface area contributed by atoms with Crippen LogP contribution in [0.4, 0.5) is 0 Å². The molecule has 0 spiro atoms. The van der Waals surface area contributed by atoms with Gasteiger partial charge in [-0.1, -0.05) is 6.42 Å². The first-order valence-electron chi connectivity index (χ1n) is 7.03. The van der Waals surface area contributed by atoms with Crippen LogP contribution in [0.1, 0.15) is 51.4 Å². The van der Waals surface area contributed by atoms with E-state index in [0.29, 0.717) is 17.7 Å². The Hall–Kier alpha value is -0.810. The van der Waals surface area contributed by atoms with E-state index in [2.05, 4.69) is 10.8 Å². The van der Waals surface area contributed by atoms with E-state index in [1.807, 2.05) is 0 Å². The first kappa shape index (κ1) is 12.6. The van der Waals surface area contributed by atoms with Crippen LogP contribution in [0.25, 0.3) is 0 Å². The second kappa shape index (κ2) is 6.21. The Kier molecular flexibility index (Phi) is 4.62. The van der Waals surface area contributed by atoms with Crippen LogP contribution in [-0.2, 0) is 4.79 Å². The van der Waals surface area contributed by atoms with Crippen molar-refractivity contribution < 1.29 is 4.79 Å². The zero-order chi connectivity index (χ0) is 12.1. The van der Waals surface area contributed by atoms with Gasteiger partial charge in [0.25, 0.3) is 0 Å². The van der Waals surface area contributed by atoms with Crippen molar-refractivity contribution in [3.63, 3.8) is 0 Å². The zero-order valence-corrected chi connectivity index (χ0v) is 10.7. The maximum Gasteiger partial charge on any atom is 0.137 e. The standard InChI is InChI=1S/C15H23NO/c1-2-3-5-11-16-12-6-4-9-14(16)13-8-7-10-15(13)17/h1,13-14H,3-12H2. The van der Waals surface area contributed by atoms with E-state index < -0.39 is 0 Å². The molecular weight excluding hydrogens is 210 g/mol. The predicted molar refractivity (Wildman–Crippen MR) is 69.6 cm³/mol. The molecule has 1 heterocycles. The molecule has 1 aliphatic heterocycles. The molecule has 2 unspecified atom stereocenters. The molecule has 2 rings (SSSR count). The lowest BCUT2D eigenvalue weighted by Gasteiger charge is -2.38. The second-order valence-corrected chi connectivity index (χ2v) is 5.37. The minimum atomic E-state index is 0.334. The Labute approximate surface area is 105 Å². The lowest BCUT2D eigenvalue weighted by molar-refractivity contribution is -0.123. The zero-order valence-electron chi connectivity index (χ0n) is 10.7. The number of hydrogen-bond acceptors (Lipinski definition) is 2. The monoisotopic (exact) mass is 233 g/mol. The number of terminal acetylenes is 1. The van der Waals surface area contributed by atoms with Crippen molar-refractivity contribution in [1.82, 2.24) is 4.90 Å².